The van der Waals surface area contributed by atoms with Gasteiger partial charge in [-0.3, -0.25) is 0 Å². The number of nitrogens with one attached hydrogen (secondary N) is 2. The lowest BCUT2D eigenvalue weighted by molar-refractivity contribution is 0.240. The summed E-state index contributed by atoms with van der Waals surface area (Å²) < 4.78 is 5.98. The Morgan fingerprint density at radius 1 is 1.30 bits per heavy atom. The summed E-state index contributed by atoms with van der Waals surface area (Å²) in [5.41, 5.74) is 2.34. The zero-order valence-corrected chi connectivity index (χ0v) is 17.8. The van der Waals surface area contributed by atoms with Gasteiger partial charge in [0.2, 0.25) is 0 Å². The standard InChI is InChI=1S/C22H38N4O/c1-6-11-26-12-10-19(16-26)14-24-22(23-7-2)25-15-20-9-8-18(5)13-21(20)27-17(3)4/h8-9,13,17,19H,6-7,10-12,14-16H2,1-5H3,(H2,23,24,25). The van der Waals surface area contributed by atoms with E-state index >= 15 is 0 Å². The second kappa shape index (κ2) is 11.2. The summed E-state index contributed by atoms with van der Waals surface area (Å²) in [7, 11) is 0. The van der Waals surface area contributed by atoms with Crippen molar-refractivity contribution in [1.29, 1.82) is 0 Å². The molecule has 0 bridgehead atoms. The Balaban J connectivity index is 1.95. The van der Waals surface area contributed by atoms with Crippen molar-refractivity contribution in [2.24, 2.45) is 10.9 Å². The van der Waals surface area contributed by atoms with Crippen LogP contribution in [0.15, 0.2) is 23.2 Å². The van der Waals surface area contributed by atoms with E-state index in [1.807, 2.05) is 0 Å². The van der Waals surface area contributed by atoms with Crippen LogP contribution in [0.4, 0.5) is 0 Å². The monoisotopic (exact) mass is 374 g/mol. The molecule has 0 radical (unpaired) electrons. The Bertz CT molecular complexity index is 600. The van der Waals surface area contributed by atoms with Crippen molar-refractivity contribution >= 4 is 5.96 Å². The van der Waals surface area contributed by atoms with E-state index in [-0.39, 0.29) is 6.10 Å². The van der Waals surface area contributed by atoms with Crippen molar-refractivity contribution in [2.45, 2.75) is 60.1 Å². The summed E-state index contributed by atoms with van der Waals surface area (Å²) in [6.07, 6.45) is 2.67. The van der Waals surface area contributed by atoms with Gasteiger partial charge < -0.3 is 20.3 Å². The van der Waals surface area contributed by atoms with Crippen molar-refractivity contribution in [3.05, 3.63) is 29.3 Å². The Hall–Kier alpha value is -1.75. The lowest BCUT2D eigenvalue weighted by Crippen LogP contribution is -2.40. The number of rotatable bonds is 9. The Kier molecular flexibility index (Phi) is 8.92. The lowest BCUT2D eigenvalue weighted by atomic mass is 10.1. The number of benzene rings is 1. The van der Waals surface area contributed by atoms with E-state index in [0.717, 1.165) is 30.4 Å². The molecule has 0 spiro atoms. The van der Waals surface area contributed by atoms with Crippen LogP contribution in [0.5, 0.6) is 5.75 Å². The van der Waals surface area contributed by atoms with Crippen molar-refractivity contribution in [3.63, 3.8) is 0 Å². The van der Waals surface area contributed by atoms with Gasteiger partial charge in [-0.15, -0.1) is 0 Å². The summed E-state index contributed by atoms with van der Waals surface area (Å²) in [5, 5.41) is 6.91. The van der Waals surface area contributed by atoms with E-state index in [4.69, 9.17) is 9.73 Å². The molecule has 0 saturated carbocycles. The molecule has 1 unspecified atom stereocenters. The predicted octanol–water partition coefficient (Wildman–Crippen LogP) is 3.57. The summed E-state index contributed by atoms with van der Waals surface area (Å²) in [5.74, 6) is 2.54. The maximum atomic E-state index is 5.98. The molecular formula is C22H38N4O. The number of hydrogen-bond donors (Lipinski definition) is 2. The summed E-state index contributed by atoms with van der Waals surface area (Å²) in [6.45, 7) is 16.7. The number of aliphatic imine (C=N–C) groups is 1. The minimum atomic E-state index is 0.161. The zero-order chi connectivity index (χ0) is 19.6. The second-order valence-electron chi connectivity index (χ2n) is 7.81. The number of aryl methyl sites for hydroxylation is 1. The summed E-state index contributed by atoms with van der Waals surface area (Å²) >= 11 is 0. The number of ether oxygens (including phenoxy) is 1. The third-order valence-corrected chi connectivity index (χ3v) is 4.81. The smallest absolute Gasteiger partial charge is 0.191 e. The quantitative estimate of drug-likeness (QED) is 0.512. The number of nitrogens with zero attached hydrogens (tertiary/aromatic N) is 2. The molecule has 5 nitrogen and oxygen atoms in total. The highest BCUT2D eigenvalue weighted by atomic mass is 16.5. The van der Waals surface area contributed by atoms with E-state index < -0.39 is 0 Å². The van der Waals surface area contributed by atoms with Gasteiger partial charge in [0.15, 0.2) is 5.96 Å². The first-order valence-corrected chi connectivity index (χ1v) is 10.5. The van der Waals surface area contributed by atoms with Gasteiger partial charge in [0, 0.05) is 25.2 Å². The van der Waals surface area contributed by atoms with Gasteiger partial charge in [-0.05, 0) is 71.2 Å². The molecule has 1 atom stereocenters. The topological polar surface area (TPSA) is 48.9 Å². The minimum absolute atomic E-state index is 0.161. The lowest BCUT2D eigenvalue weighted by Gasteiger charge is -2.17. The molecule has 0 aliphatic carbocycles. The molecule has 27 heavy (non-hydrogen) atoms. The van der Waals surface area contributed by atoms with Gasteiger partial charge in [0.05, 0.1) is 12.6 Å². The average molecular weight is 375 g/mol. The molecule has 1 aliphatic rings. The highest BCUT2D eigenvalue weighted by Crippen LogP contribution is 2.22. The van der Waals surface area contributed by atoms with E-state index in [1.54, 1.807) is 0 Å². The van der Waals surface area contributed by atoms with Crippen LogP contribution in [0.1, 0.15) is 51.7 Å². The highest BCUT2D eigenvalue weighted by Gasteiger charge is 2.21. The third-order valence-electron chi connectivity index (χ3n) is 4.81. The summed E-state index contributed by atoms with van der Waals surface area (Å²) in [6, 6.07) is 6.35. The number of likely N-dealkylation sites (tertiary alicyclic amines) is 1. The Morgan fingerprint density at radius 3 is 2.81 bits per heavy atom. The second-order valence-corrected chi connectivity index (χ2v) is 7.81. The first-order valence-electron chi connectivity index (χ1n) is 10.5. The predicted molar refractivity (Wildman–Crippen MR) is 115 cm³/mol. The maximum absolute atomic E-state index is 5.98. The Morgan fingerprint density at radius 2 is 2.11 bits per heavy atom. The third kappa shape index (κ3) is 7.41. The van der Waals surface area contributed by atoms with Crippen LogP contribution >= 0.6 is 0 Å². The molecule has 5 heteroatoms. The van der Waals surface area contributed by atoms with Crippen molar-refractivity contribution in [3.8, 4) is 5.75 Å². The van der Waals surface area contributed by atoms with Crippen molar-refractivity contribution in [2.75, 3.05) is 32.7 Å². The van der Waals surface area contributed by atoms with Gasteiger partial charge >= 0.3 is 0 Å². The SMILES string of the molecule is CCCN1CCC(CNC(=NCc2ccc(C)cc2OC(C)C)NCC)C1. The van der Waals surface area contributed by atoms with Crippen LogP contribution < -0.4 is 15.4 Å². The van der Waals surface area contributed by atoms with Crippen LogP contribution in [0.25, 0.3) is 0 Å². The minimum Gasteiger partial charge on any atom is -0.491 e. The van der Waals surface area contributed by atoms with Crippen molar-refractivity contribution < 1.29 is 4.74 Å². The van der Waals surface area contributed by atoms with Crippen LogP contribution in [-0.4, -0.2) is 49.7 Å². The van der Waals surface area contributed by atoms with Crippen molar-refractivity contribution in [1.82, 2.24) is 15.5 Å². The fourth-order valence-corrected chi connectivity index (χ4v) is 3.50. The molecule has 2 N–H and O–H groups in total. The molecule has 1 fully saturated rings. The fraction of sp³-hybridized carbons (Fsp3) is 0.682. The fourth-order valence-electron chi connectivity index (χ4n) is 3.50. The molecule has 0 amide bonds. The molecule has 1 aromatic rings. The van der Waals surface area contributed by atoms with E-state index in [1.165, 1.54) is 38.0 Å². The first-order chi connectivity index (χ1) is 13.0. The largest absolute Gasteiger partial charge is 0.491 e. The number of guanidine groups is 1. The normalized spacial score (nSPS) is 18.1. The summed E-state index contributed by atoms with van der Waals surface area (Å²) in [4.78, 5) is 7.37. The molecule has 1 aromatic carbocycles. The van der Waals surface area contributed by atoms with Crippen LogP contribution in [0.2, 0.25) is 0 Å². The maximum Gasteiger partial charge on any atom is 0.191 e. The number of hydrogen-bond acceptors (Lipinski definition) is 3. The molecule has 1 saturated heterocycles. The van der Waals surface area contributed by atoms with Crippen LogP contribution in [0.3, 0.4) is 0 Å². The van der Waals surface area contributed by atoms with Gasteiger partial charge in [0.25, 0.3) is 0 Å². The van der Waals surface area contributed by atoms with Gasteiger partial charge in [-0.25, -0.2) is 4.99 Å². The van der Waals surface area contributed by atoms with Gasteiger partial charge in [0.1, 0.15) is 5.75 Å². The van der Waals surface area contributed by atoms with E-state index in [9.17, 15) is 0 Å². The van der Waals surface area contributed by atoms with Crippen LogP contribution in [-0.2, 0) is 6.54 Å². The van der Waals surface area contributed by atoms with Gasteiger partial charge in [-0.2, -0.15) is 0 Å². The molecular weight excluding hydrogens is 336 g/mol. The first kappa shape index (κ1) is 21.5. The molecule has 152 valence electrons. The average Bonchev–Trinajstić information content (AvgIpc) is 3.06. The van der Waals surface area contributed by atoms with E-state index in [0.29, 0.717) is 12.5 Å². The molecule has 1 aliphatic heterocycles. The molecule has 1 heterocycles. The Labute approximate surface area is 165 Å². The highest BCUT2D eigenvalue weighted by molar-refractivity contribution is 5.79. The van der Waals surface area contributed by atoms with Gasteiger partial charge in [-0.1, -0.05) is 19.1 Å². The molecule has 2 rings (SSSR count). The van der Waals surface area contributed by atoms with Crippen LogP contribution in [0, 0.1) is 12.8 Å². The van der Waals surface area contributed by atoms with E-state index in [2.05, 4.69) is 68.4 Å². The molecule has 0 aromatic heterocycles. The zero-order valence-electron chi connectivity index (χ0n) is 17.8.